The summed E-state index contributed by atoms with van der Waals surface area (Å²) in [7, 11) is 0. The Kier molecular flexibility index (Phi) is 5.27. The number of rotatable bonds is 5. The predicted molar refractivity (Wildman–Crippen MR) is 100 cm³/mol. The average molecular weight is 362 g/mol. The normalized spacial score (nSPS) is 18.4. The highest BCUT2D eigenvalue weighted by molar-refractivity contribution is 7.18. The van der Waals surface area contributed by atoms with Crippen molar-refractivity contribution in [3.63, 3.8) is 0 Å². The molecule has 5 nitrogen and oxygen atoms in total. The second-order valence-corrected chi connectivity index (χ2v) is 8.52. The van der Waals surface area contributed by atoms with E-state index in [1.165, 1.54) is 15.8 Å². The van der Waals surface area contributed by atoms with Crippen LogP contribution in [0.5, 0.6) is 0 Å². The zero-order valence-electron chi connectivity index (χ0n) is 15.4. The summed E-state index contributed by atoms with van der Waals surface area (Å²) in [5.74, 6) is 0.569. The van der Waals surface area contributed by atoms with Gasteiger partial charge in [0.25, 0.3) is 5.56 Å². The third-order valence-electron chi connectivity index (χ3n) is 4.79. The number of nitrogens with zero attached hydrogens (tertiary/aromatic N) is 2. The van der Waals surface area contributed by atoms with Crippen LogP contribution in [-0.4, -0.2) is 22.1 Å². The first-order valence-corrected chi connectivity index (χ1v) is 9.92. The van der Waals surface area contributed by atoms with Crippen molar-refractivity contribution < 1.29 is 9.53 Å². The maximum absolute atomic E-state index is 13.1. The number of ether oxygens (including phenoxy) is 1. The van der Waals surface area contributed by atoms with Gasteiger partial charge in [0.1, 0.15) is 10.9 Å². The van der Waals surface area contributed by atoms with Crippen molar-refractivity contribution >= 4 is 27.5 Å². The quantitative estimate of drug-likeness (QED) is 0.760. The van der Waals surface area contributed by atoms with Crippen LogP contribution in [0.3, 0.4) is 0 Å². The fraction of sp³-hybridized carbons (Fsp3) is 0.632. The van der Waals surface area contributed by atoms with Gasteiger partial charge in [-0.3, -0.25) is 9.36 Å². The molecule has 1 aliphatic carbocycles. The molecule has 0 amide bonds. The smallest absolute Gasteiger partial charge is 0.329 e. The molecular weight excluding hydrogens is 336 g/mol. The van der Waals surface area contributed by atoms with E-state index in [4.69, 9.17) is 4.74 Å². The first-order chi connectivity index (χ1) is 11.9. The standard InChI is InChI=1S/C19H26N2O3S/c1-5-14(19(23)24-9-11(2)3)21-10-20-17-16(18(21)22)13-7-6-12(4)8-15(13)25-17/h10-12,14H,5-9H2,1-4H3/t12-,14-/m1/s1. The van der Waals surface area contributed by atoms with E-state index in [-0.39, 0.29) is 17.4 Å². The van der Waals surface area contributed by atoms with Crippen LogP contribution < -0.4 is 5.56 Å². The van der Waals surface area contributed by atoms with E-state index in [1.807, 2.05) is 20.8 Å². The van der Waals surface area contributed by atoms with Crippen LogP contribution in [0.2, 0.25) is 0 Å². The summed E-state index contributed by atoms with van der Waals surface area (Å²) in [5.41, 5.74) is 1.04. The number of aromatic nitrogens is 2. The Bertz CT molecular complexity index is 837. The largest absolute Gasteiger partial charge is 0.464 e. The lowest BCUT2D eigenvalue weighted by Crippen LogP contribution is -2.31. The molecule has 6 heteroatoms. The van der Waals surface area contributed by atoms with E-state index in [1.54, 1.807) is 11.3 Å². The highest BCUT2D eigenvalue weighted by atomic mass is 32.1. The van der Waals surface area contributed by atoms with E-state index in [0.717, 1.165) is 29.7 Å². The molecule has 0 unspecified atom stereocenters. The van der Waals surface area contributed by atoms with Gasteiger partial charge in [-0.1, -0.05) is 27.7 Å². The summed E-state index contributed by atoms with van der Waals surface area (Å²) in [5, 5.41) is 0.713. The molecule has 0 aliphatic heterocycles. The minimum absolute atomic E-state index is 0.106. The van der Waals surface area contributed by atoms with Gasteiger partial charge >= 0.3 is 5.97 Å². The monoisotopic (exact) mass is 362 g/mol. The van der Waals surface area contributed by atoms with Gasteiger partial charge < -0.3 is 4.74 Å². The number of carbonyl (C=O) groups is 1. The molecule has 0 bridgehead atoms. The third-order valence-corrected chi connectivity index (χ3v) is 5.96. The average Bonchev–Trinajstić information content (AvgIpc) is 2.93. The summed E-state index contributed by atoms with van der Waals surface area (Å²) in [4.78, 5) is 32.1. The number of aryl methyl sites for hydroxylation is 1. The van der Waals surface area contributed by atoms with Gasteiger partial charge in [-0.15, -0.1) is 11.3 Å². The number of fused-ring (bicyclic) bond motifs is 3. The van der Waals surface area contributed by atoms with E-state index < -0.39 is 6.04 Å². The van der Waals surface area contributed by atoms with Crippen molar-refractivity contribution in [2.75, 3.05) is 6.61 Å². The molecule has 0 radical (unpaired) electrons. The Hall–Kier alpha value is -1.69. The van der Waals surface area contributed by atoms with Crippen LogP contribution in [-0.2, 0) is 22.4 Å². The zero-order chi connectivity index (χ0) is 18.1. The minimum atomic E-state index is -0.610. The molecule has 136 valence electrons. The molecule has 0 spiro atoms. The summed E-state index contributed by atoms with van der Waals surface area (Å²) in [6.45, 7) is 8.49. The number of hydrogen-bond acceptors (Lipinski definition) is 5. The highest BCUT2D eigenvalue weighted by Gasteiger charge is 2.27. The second kappa shape index (κ2) is 7.28. The van der Waals surface area contributed by atoms with Crippen molar-refractivity contribution in [1.82, 2.24) is 9.55 Å². The highest BCUT2D eigenvalue weighted by Crippen LogP contribution is 2.35. The molecule has 1 aliphatic rings. The number of hydrogen-bond donors (Lipinski definition) is 0. The van der Waals surface area contributed by atoms with Crippen molar-refractivity contribution in [3.8, 4) is 0 Å². The Morgan fingerprint density at radius 2 is 2.24 bits per heavy atom. The van der Waals surface area contributed by atoms with Crippen molar-refractivity contribution in [2.24, 2.45) is 11.8 Å². The van der Waals surface area contributed by atoms with Gasteiger partial charge in [0.05, 0.1) is 18.3 Å². The third kappa shape index (κ3) is 3.50. The fourth-order valence-electron chi connectivity index (χ4n) is 3.39. The maximum Gasteiger partial charge on any atom is 0.329 e. The molecule has 25 heavy (non-hydrogen) atoms. The van der Waals surface area contributed by atoms with Crippen LogP contribution in [0.1, 0.15) is 57.0 Å². The van der Waals surface area contributed by atoms with E-state index >= 15 is 0 Å². The molecule has 0 N–H and O–H groups in total. The number of thiophene rings is 1. The molecule has 0 aromatic carbocycles. The van der Waals surface area contributed by atoms with Crippen molar-refractivity contribution in [2.45, 2.75) is 59.4 Å². The molecule has 2 heterocycles. The molecule has 0 saturated carbocycles. The molecule has 0 fully saturated rings. The lowest BCUT2D eigenvalue weighted by atomic mass is 9.89. The van der Waals surface area contributed by atoms with Gasteiger partial charge in [-0.05, 0) is 43.1 Å². The van der Waals surface area contributed by atoms with Crippen LogP contribution in [0.4, 0.5) is 0 Å². The molecule has 0 saturated heterocycles. The summed E-state index contributed by atoms with van der Waals surface area (Å²) < 4.78 is 6.83. The lowest BCUT2D eigenvalue weighted by molar-refractivity contribution is -0.149. The zero-order valence-corrected chi connectivity index (χ0v) is 16.2. The van der Waals surface area contributed by atoms with Crippen LogP contribution in [0, 0.1) is 11.8 Å². The van der Waals surface area contributed by atoms with Gasteiger partial charge in [-0.2, -0.15) is 0 Å². The first kappa shape index (κ1) is 18.1. The van der Waals surface area contributed by atoms with Crippen LogP contribution >= 0.6 is 11.3 Å². The van der Waals surface area contributed by atoms with E-state index in [2.05, 4.69) is 11.9 Å². The number of esters is 1. The Labute approximate surface area is 152 Å². The summed E-state index contributed by atoms with van der Waals surface area (Å²) >= 11 is 1.63. The minimum Gasteiger partial charge on any atom is -0.464 e. The van der Waals surface area contributed by atoms with Crippen molar-refractivity contribution in [3.05, 3.63) is 27.1 Å². The Morgan fingerprint density at radius 3 is 2.92 bits per heavy atom. The lowest BCUT2D eigenvalue weighted by Gasteiger charge is -2.19. The Balaban J connectivity index is 2.00. The molecule has 2 aromatic heterocycles. The van der Waals surface area contributed by atoms with Crippen molar-refractivity contribution in [1.29, 1.82) is 0 Å². The van der Waals surface area contributed by atoms with E-state index in [0.29, 0.717) is 24.3 Å². The fourth-order valence-corrected chi connectivity index (χ4v) is 4.73. The SMILES string of the molecule is CC[C@H](C(=O)OCC(C)C)n1cnc2sc3c(c2c1=O)CC[C@@H](C)C3. The van der Waals surface area contributed by atoms with Gasteiger partial charge in [0.15, 0.2) is 0 Å². The molecule has 3 rings (SSSR count). The summed E-state index contributed by atoms with van der Waals surface area (Å²) in [6, 6.07) is -0.610. The second-order valence-electron chi connectivity index (χ2n) is 7.44. The predicted octanol–water partition coefficient (Wildman–Crippen LogP) is 3.73. The van der Waals surface area contributed by atoms with Crippen LogP contribution in [0.25, 0.3) is 10.2 Å². The topological polar surface area (TPSA) is 61.2 Å². The van der Waals surface area contributed by atoms with E-state index in [9.17, 15) is 9.59 Å². The summed E-state index contributed by atoms with van der Waals surface area (Å²) in [6.07, 6.45) is 5.06. The molecule has 2 aromatic rings. The van der Waals surface area contributed by atoms with Gasteiger partial charge in [-0.25, -0.2) is 9.78 Å². The van der Waals surface area contributed by atoms with Crippen LogP contribution in [0.15, 0.2) is 11.1 Å². The maximum atomic E-state index is 13.1. The first-order valence-electron chi connectivity index (χ1n) is 9.10. The Morgan fingerprint density at radius 1 is 1.48 bits per heavy atom. The van der Waals surface area contributed by atoms with Gasteiger partial charge in [0, 0.05) is 4.88 Å². The number of carbonyl (C=O) groups excluding carboxylic acids is 1. The molecule has 2 atom stereocenters. The molecular formula is C19H26N2O3S. The van der Waals surface area contributed by atoms with Gasteiger partial charge in [0.2, 0.25) is 0 Å².